The summed E-state index contributed by atoms with van der Waals surface area (Å²) in [5, 5.41) is 2.99. The molecule has 0 radical (unpaired) electrons. The quantitative estimate of drug-likeness (QED) is 0.583. The number of thiophene rings is 1. The summed E-state index contributed by atoms with van der Waals surface area (Å²) in [5.74, 6) is 0.815. The van der Waals surface area contributed by atoms with E-state index in [1.54, 1.807) is 19.2 Å². The smallest absolute Gasteiger partial charge is 0.250 e. The van der Waals surface area contributed by atoms with E-state index < -0.39 is 10.0 Å². The molecule has 1 aromatic heterocycles. The van der Waals surface area contributed by atoms with E-state index in [2.05, 4.69) is 26.0 Å². The molecule has 6 nitrogen and oxygen atoms in total. The van der Waals surface area contributed by atoms with Gasteiger partial charge in [-0.3, -0.25) is 4.79 Å². The van der Waals surface area contributed by atoms with E-state index in [0.29, 0.717) is 22.2 Å². The van der Waals surface area contributed by atoms with Crippen molar-refractivity contribution in [1.29, 1.82) is 0 Å². The van der Waals surface area contributed by atoms with Gasteiger partial charge in [0, 0.05) is 12.5 Å². The summed E-state index contributed by atoms with van der Waals surface area (Å²) in [6.07, 6.45) is 3.13. The molecule has 3 rings (SSSR count). The first-order valence-corrected chi connectivity index (χ1v) is 12.6. The molecular weight excluding hydrogens is 476 g/mol. The van der Waals surface area contributed by atoms with Gasteiger partial charge >= 0.3 is 0 Å². The number of amides is 1. The fourth-order valence-corrected chi connectivity index (χ4v) is 6.69. The van der Waals surface area contributed by atoms with E-state index in [1.807, 2.05) is 25.1 Å². The fourth-order valence-electron chi connectivity index (χ4n) is 3.52. The van der Waals surface area contributed by atoms with Gasteiger partial charge in [0.2, 0.25) is 15.9 Å². The van der Waals surface area contributed by atoms with E-state index in [0.717, 1.165) is 35.0 Å². The minimum Gasteiger partial charge on any atom is -0.495 e. The lowest BCUT2D eigenvalue weighted by Gasteiger charge is -2.28. The number of hydrogen-bond acceptors (Lipinski definition) is 5. The van der Waals surface area contributed by atoms with E-state index in [9.17, 15) is 13.2 Å². The van der Waals surface area contributed by atoms with Crippen molar-refractivity contribution in [2.75, 3.05) is 19.0 Å². The van der Waals surface area contributed by atoms with Crippen LogP contribution in [0.3, 0.4) is 0 Å². The molecule has 1 amide bonds. The van der Waals surface area contributed by atoms with Crippen LogP contribution in [0.25, 0.3) is 0 Å². The molecule has 1 saturated carbocycles. The first-order valence-electron chi connectivity index (χ1n) is 9.49. The minimum atomic E-state index is -3.48. The number of rotatable bonds is 7. The van der Waals surface area contributed by atoms with Gasteiger partial charge in [-0.1, -0.05) is 6.07 Å². The van der Waals surface area contributed by atoms with Crippen LogP contribution in [0, 0.1) is 18.8 Å². The Morgan fingerprint density at radius 2 is 1.93 bits per heavy atom. The maximum absolute atomic E-state index is 12.7. The molecule has 9 heteroatoms. The van der Waals surface area contributed by atoms with Crippen molar-refractivity contribution in [1.82, 2.24) is 4.72 Å². The molecule has 1 aliphatic carbocycles. The molecule has 0 aliphatic heterocycles. The summed E-state index contributed by atoms with van der Waals surface area (Å²) in [5.41, 5.74) is 1.74. The van der Waals surface area contributed by atoms with Crippen molar-refractivity contribution in [3.8, 4) is 5.75 Å². The van der Waals surface area contributed by atoms with Crippen LogP contribution in [0.2, 0.25) is 0 Å². The number of carbonyl (C=O) groups is 1. The number of hydrogen-bond donors (Lipinski definition) is 2. The van der Waals surface area contributed by atoms with E-state index in [1.165, 1.54) is 11.3 Å². The van der Waals surface area contributed by atoms with Crippen molar-refractivity contribution >= 4 is 48.9 Å². The molecule has 1 heterocycles. The van der Waals surface area contributed by atoms with Crippen LogP contribution in [0.15, 0.2) is 38.3 Å². The van der Waals surface area contributed by atoms with Crippen molar-refractivity contribution in [3.05, 3.63) is 39.7 Å². The molecule has 0 atom stereocenters. The highest BCUT2D eigenvalue weighted by molar-refractivity contribution is 9.11. The number of nitrogens with one attached hydrogen (secondary N) is 2. The normalized spacial score (nSPS) is 19.7. The number of sulfonamides is 1. The predicted octanol–water partition coefficient (Wildman–Crippen LogP) is 4.55. The van der Waals surface area contributed by atoms with E-state index in [-0.39, 0.29) is 17.7 Å². The zero-order chi connectivity index (χ0) is 21.0. The van der Waals surface area contributed by atoms with E-state index in [4.69, 9.17) is 4.74 Å². The molecule has 1 aromatic carbocycles. The van der Waals surface area contributed by atoms with Gasteiger partial charge < -0.3 is 10.1 Å². The number of aryl methyl sites for hydroxylation is 1. The van der Waals surface area contributed by atoms with Crippen LogP contribution >= 0.6 is 27.3 Å². The summed E-state index contributed by atoms with van der Waals surface area (Å²) in [4.78, 5) is 12.7. The first-order chi connectivity index (χ1) is 13.8. The van der Waals surface area contributed by atoms with Crippen molar-refractivity contribution < 1.29 is 17.9 Å². The van der Waals surface area contributed by atoms with Gasteiger partial charge in [0.25, 0.3) is 0 Å². The monoisotopic (exact) mass is 500 g/mol. The van der Waals surface area contributed by atoms with Gasteiger partial charge in [-0.05, 0) is 84.3 Å². The van der Waals surface area contributed by atoms with Crippen molar-refractivity contribution in [3.63, 3.8) is 0 Å². The highest BCUT2D eigenvalue weighted by Crippen LogP contribution is 2.32. The molecule has 0 spiro atoms. The topological polar surface area (TPSA) is 84.5 Å². The maximum Gasteiger partial charge on any atom is 0.250 e. The second-order valence-electron chi connectivity index (χ2n) is 7.32. The highest BCUT2D eigenvalue weighted by Gasteiger charge is 2.28. The molecule has 29 heavy (non-hydrogen) atoms. The Morgan fingerprint density at radius 1 is 1.21 bits per heavy atom. The Kier molecular flexibility index (Phi) is 7.37. The standard InChI is InChI=1S/C20H25BrN2O4S2/c1-13-3-8-17(27-2)16(11-13)23-20(24)15-6-4-14(5-7-15)12-22-29(25,26)19-10-9-18(21)28-19/h3,8-11,14-15,22H,4-7,12H2,1-2H3,(H,23,24). The third kappa shape index (κ3) is 5.81. The van der Waals surface area contributed by atoms with Gasteiger partial charge in [0.05, 0.1) is 16.6 Å². The van der Waals surface area contributed by atoms with Crippen LogP contribution < -0.4 is 14.8 Å². The van der Waals surface area contributed by atoms with Crippen LogP contribution in [0.1, 0.15) is 31.2 Å². The number of ether oxygens (including phenoxy) is 1. The molecule has 1 aliphatic rings. The second kappa shape index (κ2) is 9.59. The van der Waals surface area contributed by atoms with Crippen LogP contribution in [-0.4, -0.2) is 28.0 Å². The Hall–Kier alpha value is -1.42. The average molecular weight is 501 g/mol. The largest absolute Gasteiger partial charge is 0.495 e. The third-order valence-electron chi connectivity index (χ3n) is 5.21. The lowest BCUT2D eigenvalue weighted by Crippen LogP contribution is -2.33. The van der Waals surface area contributed by atoms with Crippen LogP contribution in [-0.2, 0) is 14.8 Å². The average Bonchev–Trinajstić information content (AvgIpc) is 3.14. The van der Waals surface area contributed by atoms with Gasteiger partial charge in [-0.15, -0.1) is 11.3 Å². The molecule has 2 N–H and O–H groups in total. The molecule has 0 saturated heterocycles. The summed E-state index contributed by atoms with van der Waals surface area (Å²) >= 11 is 4.48. The lowest BCUT2D eigenvalue weighted by atomic mass is 9.81. The fraction of sp³-hybridized carbons (Fsp3) is 0.450. The predicted molar refractivity (Wildman–Crippen MR) is 119 cm³/mol. The van der Waals surface area contributed by atoms with Gasteiger partial charge in [-0.2, -0.15) is 0 Å². The van der Waals surface area contributed by atoms with Crippen molar-refractivity contribution in [2.24, 2.45) is 11.8 Å². The molecular formula is C20H25BrN2O4S2. The molecule has 0 unspecified atom stereocenters. The number of halogens is 1. The maximum atomic E-state index is 12.7. The van der Waals surface area contributed by atoms with E-state index >= 15 is 0 Å². The summed E-state index contributed by atoms with van der Waals surface area (Å²) in [7, 11) is -1.89. The van der Waals surface area contributed by atoms with Gasteiger partial charge in [0.1, 0.15) is 9.96 Å². The Labute approximate surface area is 184 Å². The zero-order valence-electron chi connectivity index (χ0n) is 16.4. The number of methoxy groups -OCH3 is 1. The highest BCUT2D eigenvalue weighted by atomic mass is 79.9. The van der Waals surface area contributed by atoms with Crippen LogP contribution in [0.5, 0.6) is 5.75 Å². The SMILES string of the molecule is COc1ccc(C)cc1NC(=O)C1CCC(CNS(=O)(=O)c2ccc(Br)s2)CC1. The number of carbonyl (C=O) groups excluding carboxylic acids is 1. The lowest BCUT2D eigenvalue weighted by molar-refractivity contribution is -0.121. The molecule has 0 bridgehead atoms. The Balaban J connectivity index is 1.50. The molecule has 158 valence electrons. The first kappa shape index (κ1) is 22.3. The van der Waals surface area contributed by atoms with Gasteiger partial charge in [0.15, 0.2) is 0 Å². The Morgan fingerprint density at radius 3 is 2.55 bits per heavy atom. The number of anilines is 1. The third-order valence-corrected chi connectivity index (χ3v) is 8.74. The van der Waals surface area contributed by atoms with Crippen LogP contribution in [0.4, 0.5) is 5.69 Å². The number of benzene rings is 1. The van der Waals surface area contributed by atoms with Crippen molar-refractivity contribution in [2.45, 2.75) is 36.8 Å². The second-order valence-corrected chi connectivity index (χ2v) is 11.8. The zero-order valence-corrected chi connectivity index (χ0v) is 19.6. The summed E-state index contributed by atoms with van der Waals surface area (Å²) in [6.45, 7) is 2.37. The summed E-state index contributed by atoms with van der Waals surface area (Å²) in [6, 6.07) is 9.01. The minimum absolute atomic E-state index is 0.00336. The molecule has 2 aromatic rings. The van der Waals surface area contributed by atoms with Gasteiger partial charge in [-0.25, -0.2) is 13.1 Å². The Bertz CT molecular complexity index is 967. The molecule has 1 fully saturated rings. The summed E-state index contributed by atoms with van der Waals surface area (Å²) < 4.78 is 33.8.